The van der Waals surface area contributed by atoms with Crippen molar-refractivity contribution in [1.82, 2.24) is 4.90 Å². The summed E-state index contributed by atoms with van der Waals surface area (Å²) in [4.78, 5) is 50.5. The van der Waals surface area contributed by atoms with E-state index in [1.54, 1.807) is 25.1 Å². The summed E-state index contributed by atoms with van der Waals surface area (Å²) in [5.41, 5.74) is 1.73. The normalized spacial score (nSPS) is 12.9. The Balaban J connectivity index is 1.65. The lowest BCUT2D eigenvalue weighted by atomic mass is 10.1. The fraction of sp³-hybridized carbons (Fsp3) is 0.273. The molecule has 1 N–H and O–H groups in total. The van der Waals surface area contributed by atoms with Gasteiger partial charge >= 0.3 is 5.97 Å². The van der Waals surface area contributed by atoms with Crippen LogP contribution in [-0.4, -0.2) is 41.7 Å². The minimum Gasteiger partial charge on any atom is -0.452 e. The van der Waals surface area contributed by atoms with Gasteiger partial charge in [-0.3, -0.25) is 19.3 Å². The van der Waals surface area contributed by atoms with Crippen LogP contribution in [-0.2, 0) is 9.53 Å². The van der Waals surface area contributed by atoms with Gasteiger partial charge in [-0.1, -0.05) is 31.5 Å². The van der Waals surface area contributed by atoms with Crippen LogP contribution in [0.4, 0.5) is 5.69 Å². The van der Waals surface area contributed by atoms with E-state index < -0.39 is 24.4 Å². The molecule has 3 amide bonds. The van der Waals surface area contributed by atoms with Crippen LogP contribution in [0.5, 0.6) is 0 Å². The number of ether oxygens (including phenoxy) is 1. The molecular weight excluding hydrogens is 408 g/mol. The summed E-state index contributed by atoms with van der Waals surface area (Å²) < 4.78 is 5.05. The molecule has 30 heavy (non-hydrogen) atoms. The molecule has 156 valence electrons. The van der Waals surface area contributed by atoms with E-state index in [9.17, 15) is 19.2 Å². The van der Waals surface area contributed by atoms with Gasteiger partial charge < -0.3 is 10.1 Å². The van der Waals surface area contributed by atoms with E-state index in [4.69, 9.17) is 16.3 Å². The summed E-state index contributed by atoms with van der Waals surface area (Å²) in [6.07, 6.45) is 0. The molecule has 1 heterocycles. The lowest BCUT2D eigenvalue weighted by Crippen LogP contribution is -2.33. The molecule has 1 aliphatic heterocycles. The van der Waals surface area contributed by atoms with E-state index in [0.717, 1.165) is 0 Å². The lowest BCUT2D eigenvalue weighted by Gasteiger charge is -2.15. The van der Waals surface area contributed by atoms with Crippen molar-refractivity contribution in [2.75, 3.05) is 18.5 Å². The minimum atomic E-state index is -0.765. The highest BCUT2D eigenvalue weighted by atomic mass is 35.5. The molecular formula is C22H21ClN2O5. The van der Waals surface area contributed by atoms with Gasteiger partial charge in [0.2, 0.25) is 0 Å². The number of nitrogens with zero attached hydrogens (tertiary/aromatic N) is 1. The third-order valence-electron chi connectivity index (χ3n) is 4.63. The predicted octanol–water partition coefficient (Wildman–Crippen LogP) is 3.70. The van der Waals surface area contributed by atoms with Crippen LogP contribution in [0.1, 0.15) is 50.5 Å². The van der Waals surface area contributed by atoms with Gasteiger partial charge in [0.15, 0.2) is 6.61 Å². The first-order valence-corrected chi connectivity index (χ1v) is 9.79. The molecule has 2 aromatic carbocycles. The number of rotatable bonds is 6. The molecule has 0 saturated carbocycles. The maximum atomic E-state index is 12.5. The van der Waals surface area contributed by atoms with Gasteiger partial charge in [0, 0.05) is 17.3 Å². The number of anilines is 1. The van der Waals surface area contributed by atoms with Crippen LogP contribution < -0.4 is 5.32 Å². The first kappa shape index (κ1) is 21.5. The number of amides is 3. The van der Waals surface area contributed by atoms with Gasteiger partial charge in [0.05, 0.1) is 16.7 Å². The Bertz CT molecular complexity index is 1050. The van der Waals surface area contributed by atoms with E-state index in [-0.39, 0.29) is 28.5 Å². The zero-order valence-corrected chi connectivity index (χ0v) is 17.6. The Labute approximate surface area is 179 Å². The Morgan fingerprint density at radius 2 is 1.80 bits per heavy atom. The number of benzene rings is 2. The van der Waals surface area contributed by atoms with Crippen molar-refractivity contribution in [2.24, 2.45) is 5.92 Å². The monoisotopic (exact) mass is 428 g/mol. The van der Waals surface area contributed by atoms with Gasteiger partial charge in [-0.15, -0.1) is 0 Å². The van der Waals surface area contributed by atoms with E-state index in [0.29, 0.717) is 22.8 Å². The maximum absolute atomic E-state index is 12.5. The summed E-state index contributed by atoms with van der Waals surface area (Å²) >= 11 is 6.02. The number of nitrogens with one attached hydrogen (secondary N) is 1. The van der Waals surface area contributed by atoms with Crippen LogP contribution in [0.2, 0.25) is 5.02 Å². The molecule has 0 fully saturated rings. The van der Waals surface area contributed by atoms with Gasteiger partial charge in [-0.05, 0) is 48.7 Å². The fourth-order valence-electron chi connectivity index (χ4n) is 3.09. The van der Waals surface area contributed by atoms with Crippen molar-refractivity contribution >= 4 is 41.0 Å². The van der Waals surface area contributed by atoms with Crippen molar-refractivity contribution in [3.05, 3.63) is 63.7 Å². The standard InChI is InChI=1S/C22H21ClN2O5/c1-12(2)10-25-20(27)15-8-7-14(9-16(15)21(25)28)22(29)30-11-19(26)24-18-6-4-5-17(23)13(18)3/h4-9,12H,10-11H2,1-3H3,(H,24,26). The van der Waals surface area contributed by atoms with Crippen LogP contribution in [0.25, 0.3) is 0 Å². The molecule has 0 radical (unpaired) electrons. The van der Waals surface area contributed by atoms with Gasteiger partial charge in [-0.25, -0.2) is 4.79 Å². The first-order valence-electron chi connectivity index (χ1n) is 9.41. The van der Waals surface area contributed by atoms with Crippen molar-refractivity contribution < 1.29 is 23.9 Å². The highest BCUT2D eigenvalue weighted by Gasteiger charge is 2.36. The van der Waals surface area contributed by atoms with Crippen LogP contribution >= 0.6 is 11.6 Å². The number of esters is 1. The number of hydrogen-bond donors (Lipinski definition) is 1. The number of carbonyl (C=O) groups excluding carboxylic acids is 4. The molecule has 1 aliphatic rings. The zero-order chi connectivity index (χ0) is 22.0. The van der Waals surface area contributed by atoms with E-state index in [2.05, 4.69) is 5.32 Å². The van der Waals surface area contributed by atoms with Gasteiger partial charge in [-0.2, -0.15) is 0 Å². The number of carbonyl (C=O) groups is 4. The largest absolute Gasteiger partial charge is 0.452 e. The van der Waals surface area contributed by atoms with Gasteiger partial charge in [0.25, 0.3) is 17.7 Å². The molecule has 0 spiro atoms. The van der Waals surface area contributed by atoms with E-state index in [1.165, 1.54) is 23.1 Å². The fourth-order valence-corrected chi connectivity index (χ4v) is 3.27. The SMILES string of the molecule is Cc1c(Cl)cccc1NC(=O)COC(=O)c1ccc2c(c1)C(=O)N(CC(C)C)C2=O. The molecule has 0 aromatic heterocycles. The number of fused-ring (bicyclic) bond motifs is 1. The van der Waals surface area contributed by atoms with Crippen LogP contribution in [0.3, 0.4) is 0 Å². The second-order valence-electron chi connectivity index (χ2n) is 7.41. The highest BCUT2D eigenvalue weighted by Crippen LogP contribution is 2.25. The van der Waals surface area contributed by atoms with E-state index in [1.807, 2.05) is 13.8 Å². The summed E-state index contributed by atoms with van der Waals surface area (Å²) in [6, 6.07) is 9.26. The topological polar surface area (TPSA) is 92.8 Å². The molecule has 0 saturated heterocycles. The Kier molecular flexibility index (Phi) is 6.22. The lowest BCUT2D eigenvalue weighted by molar-refractivity contribution is -0.119. The van der Waals surface area contributed by atoms with Crippen LogP contribution in [0.15, 0.2) is 36.4 Å². The molecule has 8 heteroatoms. The quantitative estimate of drug-likeness (QED) is 0.559. The Morgan fingerprint density at radius 3 is 2.50 bits per heavy atom. The highest BCUT2D eigenvalue weighted by molar-refractivity contribution is 6.31. The van der Waals surface area contributed by atoms with Crippen molar-refractivity contribution in [3.8, 4) is 0 Å². The zero-order valence-electron chi connectivity index (χ0n) is 16.8. The average Bonchev–Trinajstić information content (AvgIpc) is 2.93. The maximum Gasteiger partial charge on any atom is 0.338 e. The summed E-state index contributed by atoms with van der Waals surface area (Å²) in [7, 11) is 0. The molecule has 2 aromatic rings. The predicted molar refractivity (Wildman–Crippen MR) is 112 cm³/mol. The minimum absolute atomic E-state index is 0.0908. The second kappa shape index (κ2) is 8.67. The number of hydrogen-bond acceptors (Lipinski definition) is 5. The Hall–Kier alpha value is -3.19. The van der Waals surface area contributed by atoms with Crippen molar-refractivity contribution in [2.45, 2.75) is 20.8 Å². The molecule has 0 unspecified atom stereocenters. The van der Waals surface area contributed by atoms with E-state index >= 15 is 0 Å². The van der Waals surface area contributed by atoms with Gasteiger partial charge in [0.1, 0.15) is 0 Å². The second-order valence-corrected chi connectivity index (χ2v) is 7.82. The van der Waals surface area contributed by atoms with Crippen LogP contribution in [0, 0.1) is 12.8 Å². The van der Waals surface area contributed by atoms with Crippen molar-refractivity contribution in [1.29, 1.82) is 0 Å². The summed E-state index contributed by atoms with van der Waals surface area (Å²) in [5.74, 6) is -1.98. The Morgan fingerprint density at radius 1 is 1.10 bits per heavy atom. The molecule has 0 bridgehead atoms. The number of imide groups is 1. The molecule has 0 atom stereocenters. The summed E-state index contributed by atoms with van der Waals surface area (Å²) in [6.45, 7) is 5.36. The number of halogens is 1. The third-order valence-corrected chi connectivity index (χ3v) is 5.04. The third kappa shape index (κ3) is 4.36. The molecule has 3 rings (SSSR count). The van der Waals surface area contributed by atoms with Crippen molar-refractivity contribution in [3.63, 3.8) is 0 Å². The molecule has 7 nitrogen and oxygen atoms in total. The average molecular weight is 429 g/mol. The summed E-state index contributed by atoms with van der Waals surface area (Å²) in [5, 5.41) is 3.14. The molecule has 0 aliphatic carbocycles. The smallest absolute Gasteiger partial charge is 0.338 e. The first-order chi connectivity index (χ1) is 14.2.